The van der Waals surface area contributed by atoms with Crippen molar-refractivity contribution in [2.24, 2.45) is 0 Å². The minimum Gasteiger partial charge on any atom is -0.389 e. The molecule has 0 aliphatic carbocycles. The first-order valence-electron chi connectivity index (χ1n) is 8.38. The van der Waals surface area contributed by atoms with Crippen LogP contribution < -0.4 is 5.32 Å². The van der Waals surface area contributed by atoms with Gasteiger partial charge in [-0.25, -0.2) is 0 Å². The van der Waals surface area contributed by atoms with Crippen molar-refractivity contribution in [1.29, 1.82) is 0 Å². The van der Waals surface area contributed by atoms with Gasteiger partial charge >= 0.3 is 0 Å². The van der Waals surface area contributed by atoms with Crippen LogP contribution in [0.15, 0.2) is 0 Å². The summed E-state index contributed by atoms with van der Waals surface area (Å²) in [5.41, 5.74) is 0. The molecule has 118 valence electrons. The fraction of sp³-hybridized carbons (Fsp3) is 1.00. The molecule has 4 nitrogen and oxygen atoms in total. The molecule has 0 saturated carbocycles. The molecule has 3 atom stereocenters. The summed E-state index contributed by atoms with van der Waals surface area (Å²) in [6.07, 6.45) is 6.13. The Morgan fingerprint density at radius 2 is 1.90 bits per heavy atom. The number of ether oxygens (including phenoxy) is 1. The Balaban J connectivity index is 1.83. The van der Waals surface area contributed by atoms with E-state index in [1.54, 1.807) is 0 Å². The Bertz CT molecular complexity index is 274. The first-order chi connectivity index (χ1) is 9.58. The van der Waals surface area contributed by atoms with Crippen molar-refractivity contribution < 1.29 is 9.84 Å². The van der Waals surface area contributed by atoms with Crippen molar-refractivity contribution in [1.82, 2.24) is 10.2 Å². The van der Waals surface area contributed by atoms with Gasteiger partial charge in [0.15, 0.2) is 0 Å². The van der Waals surface area contributed by atoms with Crippen LogP contribution in [0, 0.1) is 0 Å². The molecule has 2 saturated heterocycles. The lowest BCUT2D eigenvalue weighted by Crippen LogP contribution is -2.50. The van der Waals surface area contributed by atoms with E-state index in [0.717, 1.165) is 19.5 Å². The number of aliphatic hydroxyl groups is 1. The van der Waals surface area contributed by atoms with Crippen LogP contribution in [-0.2, 0) is 4.74 Å². The van der Waals surface area contributed by atoms with Crippen LogP contribution in [0.25, 0.3) is 0 Å². The summed E-state index contributed by atoms with van der Waals surface area (Å²) in [5, 5.41) is 13.9. The lowest BCUT2D eigenvalue weighted by Gasteiger charge is -2.38. The van der Waals surface area contributed by atoms with Crippen LogP contribution in [0.2, 0.25) is 0 Å². The normalized spacial score (nSPS) is 31.2. The lowest BCUT2D eigenvalue weighted by molar-refractivity contribution is -0.0176. The lowest BCUT2D eigenvalue weighted by atomic mass is 9.97. The molecule has 0 radical (unpaired) electrons. The summed E-state index contributed by atoms with van der Waals surface area (Å²) in [6.45, 7) is 8.55. The second-order valence-electron chi connectivity index (χ2n) is 6.79. The molecule has 0 aromatic rings. The number of hydrogen-bond acceptors (Lipinski definition) is 4. The van der Waals surface area contributed by atoms with E-state index in [1.807, 2.05) is 13.8 Å². The van der Waals surface area contributed by atoms with Crippen molar-refractivity contribution >= 4 is 0 Å². The number of nitrogens with one attached hydrogen (secondary N) is 1. The monoisotopic (exact) mass is 284 g/mol. The molecule has 2 rings (SSSR count). The molecule has 2 heterocycles. The van der Waals surface area contributed by atoms with Crippen LogP contribution in [0.3, 0.4) is 0 Å². The summed E-state index contributed by atoms with van der Waals surface area (Å²) in [7, 11) is 0. The molecule has 2 aliphatic rings. The summed E-state index contributed by atoms with van der Waals surface area (Å²) in [4.78, 5) is 2.50. The zero-order chi connectivity index (χ0) is 14.5. The summed E-state index contributed by atoms with van der Waals surface area (Å²) in [6, 6.07) is 2.06. The molecule has 2 N–H and O–H groups in total. The number of nitrogens with zero attached hydrogens (tertiary/aromatic N) is 1. The van der Waals surface area contributed by atoms with Crippen molar-refractivity contribution in [3.05, 3.63) is 0 Å². The Hall–Kier alpha value is -0.160. The number of piperidine rings is 1. The van der Waals surface area contributed by atoms with Gasteiger partial charge in [-0.1, -0.05) is 6.92 Å². The van der Waals surface area contributed by atoms with Gasteiger partial charge in [-0.05, 0) is 52.5 Å². The molecule has 20 heavy (non-hydrogen) atoms. The highest BCUT2D eigenvalue weighted by molar-refractivity contribution is 4.95. The van der Waals surface area contributed by atoms with Gasteiger partial charge < -0.3 is 15.2 Å². The van der Waals surface area contributed by atoms with Gasteiger partial charge in [0.2, 0.25) is 0 Å². The second-order valence-corrected chi connectivity index (χ2v) is 6.79. The standard InChI is InChI=1S/C16H32N2O2/c1-4-7-18(10-16(19)11-20-12(2)3)15-8-13-5-6-14(9-15)17-13/h12-17,19H,4-11H2,1-3H3. The van der Waals surface area contributed by atoms with Gasteiger partial charge in [-0.3, -0.25) is 4.90 Å². The Morgan fingerprint density at radius 3 is 2.45 bits per heavy atom. The van der Waals surface area contributed by atoms with E-state index in [2.05, 4.69) is 17.1 Å². The minimum absolute atomic E-state index is 0.194. The second kappa shape index (κ2) is 7.74. The van der Waals surface area contributed by atoms with Crippen molar-refractivity contribution in [3.8, 4) is 0 Å². The maximum Gasteiger partial charge on any atom is 0.0900 e. The van der Waals surface area contributed by atoms with E-state index < -0.39 is 0 Å². The molecule has 0 aromatic carbocycles. The van der Waals surface area contributed by atoms with Crippen molar-refractivity contribution in [2.75, 3.05) is 19.7 Å². The molecule has 0 spiro atoms. The Kier molecular flexibility index (Phi) is 6.27. The molecule has 2 fully saturated rings. The summed E-state index contributed by atoms with van der Waals surface area (Å²) < 4.78 is 5.54. The third-order valence-electron chi connectivity index (χ3n) is 4.54. The van der Waals surface area contributed by atoms with E-state index >= 15 is 0 Å². The fourth-order valence-electron chi connectivity index (χ4n) is 3.66. The predicted molar refractivity (Wildman–Crippen MR) is 81.9 cm³/mol. The predicted octanol–water partition coefficient (Wildman–Crippen LogP) is 1.77. The molecular weight excluding hydrogens is 252 g/mol. The van der Waals surface area contributed by atoms with Gasteiger partial charge in [-0.15, -0.1) is 0 Å². The molecule has 3 unspecified atom stereocenters. The topological polar surface area (TPSA) is 44.7 Å². The largest absolute Gasteiger partial charge is 0.389 e. The van der Waals surface area contributed by atoms with Gasteiger partial charge in [0.05, 0.1) is 18.8 Å². The summed E-state index contributed by atoms with van der Waals surface area (Å²) in [5.74, 6) is 0. The van der Waals surface area contributed by atoms with Crippen LogP contribution in [0.1, 0.15) is 52.9 Å². The quantitative estimate of drug-likeness (QED) is 0.713. The molecular formula is C16H32N2O2. The SMILES string of the molecule is CCCN(CC(O)COC(C)C)C1CC2CCC(C1)N2. The highest BCUT2D eigenvalue weighted by Gasteiger charge is 2.36. The van der Waals surface area contributed by atoms with E-state index in [1.165, 1.54) is 25.7 Å². The molecule has 0 aromatic heterocycles. The smallest absolute Gasteiger partial charge is 0.0900 e. The zero-order valence-corrected chi connectivity index (χ0v) is 13.3. The van der Waals surface area contributed by atoms with Crippen molar-refractivity contribution in [2.45, 2.75) is 83.2 Å². The molecule has 0 amide bonds. The van der Waals surface area contributed by atoms with Crippen LogP contribution >= 0.6 is 0 Å². The highest BCUT2D eigenvalue weighted by atomic mass is 16.5. The van der Waals surface area contributed by atoms with Crippen LogP contribution in [-0.4, -0.2) is 60.0 Å². The van der Waals surface area contributed by atoms with Gasteiger partial charge in [0, 0.05) is 24.7 Å². The zero-order valence-electron chi connectivity index (χ0n) is 13.3. The van der Waals surface area contributed by atoms with E-state index in [-0.39, 0.29) is 12.2 Å². The highest BCUT2D eigenvalue weighted by Crippen LogP contribution is 2.29. The third-order valence-corrected chi connectivity index (χ3v) is 4.54. The average Bonchev–Trinajstić information content (AvgIpc) is 2.74. The number of hydrogen-bond donors (Lipinski definition) is 2. The maximum atomic E-state index is 10.2. The number of rotatable bonds is 8. The molecule has 2 bridgehead atoms. The van der Waals surface area contributed by atoms with Gasteiger partial charge in [0.1, 0.15) is 0 Å². The van der Waals surface area contributed by atoms with Crippen LogP contribution in [0.5, 0.6) is 0 Å². The Labute approximate surface area is 123 Å². The molecule has 2 aliphatic heterocycles. The Morgan fingerprint density at radius 1 is 1.25 bits per heavy atom. The van der Waals surface area contributed by atoms with Gasteiger partial charge in [0.25, 0.3) is 0 Å². The fourth-order valence-corrected chi connectivity index (χ4v) is 3.66. The third kappa shape index (κ3) is 4.69. The van der Waals surface area contributed by atoms with Crippen molar-refractivity contribution in [3.63, 3.8) is 0 Å². The number of fused-ring (bicyclic) bond motifs is 2. The maximum absolute atomic E-state index is 10.2. The minimum atomic E-state index is -0.364. The first kappa shape index (κ1) is 16.2. The molecule has 4 heteroatoms. The van der Waals surface area contributed by atoms with Crippen LogP contribution in [0.4, 0.5) is 0 Å². The van der Waals surface area contributed by atoms with Gasteiger partial charge in [-0.2, -0.15) is 0 Å². The first-order valence-corrected chi connectivity index (χ1v) is 8.38. The summed E-state index contributed by atoms with van der Waals surface area (Å²) >= 11 is 0. The average molecular weight is 284 g/mol. The van der Waals surface area contributed by atoms with E-state index in [4.69, 9.17) is 4.74 Å². The van der Waals surface area contributed by atoms with E-state index in [0.29, 0.717) is 24.7 Å². The van der Waals surface area contributed by atoms with E-state index in [9.17, 15) is 5.11 Å². The number of aliphatic hydroxyl groups excluding tert-OH is 1.